The molecule has 0 spiro atoms. The van der Waals surface area contributed by atoms with Crippen LogP contribution in [0.4, 0.5) is 0 Å². The van der Waals surface area contributed by atoms with E-state index in [0.717, 1.165) is 10.0 Å². The fourth-order valence-corrected chi connectivity index (χ4v) is 1.48. The fraction of sp³-hybridized carbons (Fsp3) is 0.100. The van der Waals surface area contributed by atoms with E-state index in [2.05, 4.69) is 20.9 Å². The van der Waals surface area contributed by atoms with Gasteiger partial charge in [-0.25, -0.2) is 4.98 Å². The number of oxazole rings is 1. The number of aliphatic hydroxyl groups excluding tert-OH is 1. The molecular weight excluding hydrogens is 246 g/mol. The first-order valence-corrected chi connectivity index (χ1v) is 4.89. The van der Waals surface area contributed by atoms with Crippen molar-refractivity contribution < 1.29 is 9.52 Å². The summed E-state index contributed by atoms with van der Waals surface area (Å²) < 4.78 is 6.20. The van der Waals surface area contributed by atoms with Crippen LogP contribution in [-0.4, -0.2) is 10.1 Å². The highest BCUT2D eigenvalue weighted by molar-refractivity contribution is 9.10. The van der Waals surface area contributed by atoms with Crippen molar-refractivity contribution in [3.8, 4) is 11.3 Å². The zero-order chi connectivity index (χ0) is 9.97. The van der Waals surface area contributed by atoms with Crippen LogP contribution >= 0.6 is 15.9 Å². The average Bonchev–Trinajstić information content (AvgIpc) is 2.67. The third-order valence-corrected chi connectivity index (χ3v) is 2.43. The summed E-state index contributed by atoms with van der Waals surface area (Å²) in [6.45, 7) is -0.109. The number of aliphatic hydroxyl groups is 1. The van der Waals surface area contributed by atoms with E-state index in [0.29, 0.717) is 11.5 Å². The van der Waals surface area contributed by atoms with Crippen LogP contribution in [0.3, 0.4) is 0 Å². The van der Waals surface area contributed by atoms with Crippen LogP contribution in [0.25, 0.3) is 11.3 Å². The minimum atomic E-state index is -0.109. The molecule has 0 radical (unpaired) electrons. The lowest BCUT2D eigenvalue weighted by atomic mass is 10.1. The summed E-state index contributed by atoms with van der Waals surface area (Å²) in [7, 11) is 0. The summed E-state index contributed by atoms with van der Waals surface area (Å²) in [5, 5.41) is 8.99. The first kappa shape index (κ1) is 9.43. The minimum Gasteiger partial charge on any atom is -0.443 e. The Hall–Kier alpha value is -1.13. The topological polar surface area (TPSA) is 46.3 Å². The van der Waals surface area contributed by atoms with E-state index in [1.807, 2.05) is 24.3 Å². The molecule has 0 unspecified atom stereocenters. The molecule has 1 aromatic carbocycles. The Bertz CT molecular complexity index is 422. The highest BCUT2D eigenvalue weighted by Gasteiger charge is 2.08. The number of aromatic nitrogens is 1. The molecule has 14 heavy (non-hydrogen) atoms. The Morgan fingerprint density at radius 2 is 2.00 bits per heavy atom. The van der Waals surface area contributed by atoms with Crippen molar-refractivity contribution in [3.05, 3.63) is 40.8 Å². The van der Waals surface area contributed by atoms with E-state index in [1.54, 1.807) is 0 Å². The van der Waals surface area contributed by atoms with Crippen molar-refractivity contribution >= 4 is 15.9 Å². The highest BCUT2D eigenvalue weighted by Crippen LogP contribution is 2.24. The van der Waals surface area contributed by atoms with Crippen molar-refractivity contribution in [2.75, 3.05) is 0 Å². The minimum absolute atomic E-state index is 0.109. The molecule has 0 aliphatic carbocycles. The predicted octanol–water partition coefficient (Wildman–Crippen LogP) is 2.60. The molecule has 1 N–H and O–H groups in total. The molecule has 1 heterocycles. The molecule has 0 fully saturated rings. The van der Waals surface area contributed by atoms with Gasteiger partial charge in [0, 0.05) is 10.0 Å². The van der Waals surface area contributed by atoms with E-state index in [-0.39, 0.29) is 6.61 Å². The quantitative estimate of drug-likeness (QED) is 0.895. The molecule has 0 saturated carbocycles. The third kappa shape index (κ3) is 1.71. The monoisotopic (exact) mass is 253 g/mol. The highest BCUT2D eigenvalue weighted by atomic mass is 79.9. The second kappa shape index (κ2) is 3.94. The molecule has 0 atom stereocenters. The van der Waals surface area contributed by atoms with Crippen molar-refractivity contribution in [1.82, 2.24) is 4.98 Å². The number of halogens is 1. The Labute approximate surface area is 89.5 Å². The second-order valence-electron chi connectivity index (χ2n) is 2.79. The molecule has 0 aliphatic rings. The van der Waals surface area contributed by atoms with E-state index < -0.39 is 0 Å². The first-order valence-electron chi connectivity index (χ1n) is 4.10. The van der Waals surface area contributed by atoms with E-state index in [4.69, 9.17) is 9.52 Å². The number of rotatable bonds is 2. The smallest absolute Gasteiger partial charge is 0.181 e. The average molecular weight is 254 g/mol. The summed E-state index contributed by atoms with van der Waals surface area (Å²) in [4.78, 5) is 3.91. The Morgan fingerprint density at radius 1 is 1.29 bits per heavy atom. The fourth-order valence-electron chi connectivity index (χ4n) is 1.22. The van der Waals surface area contributed by atoms with Gasteiger partial charge in [-0.1, -0.05) is 28.1 Å². The lowest BCUT2D eigenvalue weighted by Crippen LogP contribution is -1.86. The molecule has 4 heteroatoms. The SMILES string of the molecule is OCc1ncoc1-c1ccc(Br)cc1. The van der Waals surface area contributed by atoms with E-state index >= 15 is 0 Å². The zero-order valence-electron chi connectivity index (χ0n) is 7.27. The van der Waals surface area contributed by atoms with Gasteiger partial charge in [0.05, 0.1) is 6.61 Å². The van der Waals surface area contributed by atoms with Crippen LogP contribution in [-0.2, 0) is 6.61 Å². The third-order valence-electron chi connectivity index (χ3n) is 1.90. The van der Waals surface area contributed by atoms with Gasteiger partial charge in [-0.05, 0) is 12.1 Å². The van der Waals surface area contributed by atoms with Gasteiger partial charge in [-0.15, -0.1) is 0 Å². The summed E-state index contributed by atoms with van der Waals surface area (Å²) in [5.74, 6) is 0.625. The van der Waals surface area contributed by atoms with Gasteiger partial charge in [0.25, 0.3) is 0 Å². The first-order chi connectivity index (χ1) is 6.81. The van der Waals surface area contributed by atoms with E-state index in [1.165, 1.54) is 6.39 Å². The molecule has 1 aromatic heterocycles. The predicted molar refractivity (Wildman–Crippen MR) is 55.6 cm³/mol. The van der Waals surface area contributed by atoms with E-state index in [9.17, 15) is 0 Å². The molecule has 3 nitrogen and oxygen atoms in total. The number of nitrogens with zero attached hydrogens (tertiary/aromatic N) is 1. The normalized spacial score (nSPS) is 10.4. The zero-order valence-corrected chi connectivity index (χ0v) is 8.86. The molecule has 2 aromatic rings. The maximum atomic E-state index is 8.99. The van der Waals surface area contributed by atoms with Crippen LogP contribution in [0.5, 0.6) is 0 Å². The number of hydrogen-bond donors (Lipinski definition) is 1. The second-order valence-corrected chi connectivity index (χ2v) is 3.71. The molecule has 0 bridgehead atoms. The summed E-state index contributed by atoms with van der Waals surface area (Å²) >= 11 is 3.35. The van der Waals surface area contributed by atoms with Gasteiger partial charge in [0.2, 0.25) is 0 Å². The number of hydrogen-bond acceptors (Lipinski definition) is 3. The van der Waals surface area contributed by atoms with Crippen LogP contribution in [0.1, 0.15) is 5.69 Å². The van der Waals surface area contributed by atoms with Crippen molar-refractivity contribution in [3.63, 3.8) is 0 Å². The largest absolute Gasteiger partial charge is 0.443 e. The van der Waals surface area contributed by atoms with Crippen LogP contribution in [0.15, 0.2) is 39.5 Å². The molecule has 2 rings (SSSR count). The summed E-state index contributed by atoms with van der Waals surface area (Å²) in [6, 6.07) is 7.64. The standard InChI is InChI=1S/C10H8BrNO2/c11-8-3-1-7(2-4-8)10-9(5-13)12-6-14-10/h1-4,6,13H,5H2. The Morgan fingerprint density at radius 3 is 2.64 bits per heavy atom. The van der Waals surface area contributed by atoms with Crippen LogP contribution in [0, 0.1) is 0 Å². The molecule has 0 saturated heterocycles. The van der Waals surface area contributed by atoms with Crippen LogP contribution < -0.4 is 0 Å². The van der Waals surface area contributed by atoms with Crippen molar-refractivity contribution in [2.45, 2.75) is 6.61 Å². The number of benzene rings is 1. The molecule has 0 amide bonds. The Balaban J connectivity index is 2.44. The lowest BCUT2D eigenvalue weighted by Gasteiger charge is -1.98. The molecule has 0 aliphatic heterocycles. The maximum absolute atomic E-state index is 8.99. The Kier molecular flexibility index (Phi) is 2.65. The van der Waals surface area contributed by atoms with Gasteiger partial charge in [-0.3, -0.25) is 0 Å². The summed E-state index contributed by atoms with van der Waals surface area (Å²) in [6.07, 6.45) is 1.34. The lowest BCUT2D eigenvalue weighted by molar-refractivity contribution is 0.277. The van der Waals surface area contributed by atoms with Gasteiger partial charge in [0.15, 0.2) is 12.2 Å². The maximum Gasteiger partial charge on any atom is 0.181 e. The van der Waals surface area contributed by atoms with Gasteiger partial charge < -0.3 is 9.52 Å². The van der Waals surface area contributed by atoms with Gasteiger partial charge >= 0.3 is 0 Å². The van der Waals surface area contributed by atoms with Crippen molar-refractivity contribution in [2.24, 2.45) is 0 Å². The summed E-state index contributed by atoms with van der Waals surface area (Å²) in [5.41, 5.74) is 1.47. The van der Waals surface area contributed by atoms with Gasteiger partial charge in [-0.2, -0.15) is 0 Å². The van der Waals surface area contributed by atoms with Crippen molar-refractivity contribution in [1.29, 1.82) is 0 Å². The molecular formula is C10H8BrNO2. The van der Waals surface area contributed by atoms with Crippen LogP contribution in [0.2, 0.25) is 0 Å². The molecule has 72 valence electrons. The van der Waals surface area contributed by atoms with Gasteiger partial charge in [0.1, 0.15) is 5.69 Å².